The van der Waals surface area contributed by atoms with Gasteiger partial charge in [-0.2, -0.15) is 0 Å². The van der Waals surface area contributed by atoms with E-state index in [9.17, 15) is 5.11 Å². The molecule has 1 N–H and O–H groups in total. The average Bonchev–Trinajstić information content (AvgIpc) is 2.92. The summed E-state index contributed by atoms with van der Waals surface area (Å²) in [6, 6.07) is 0. The zero-order valence-corrected chi connectivity index (χ0v) is 13.1. The Morgan fingerprint density at radius 1 is 1.11 bits per heavy atom. The van der Waals surface area contributed by atoms with Gasteiger partial charge in [0, 0.05) is 32.7 Å². The van der Waals surface area contributed by atoms with E-state index in [1.54, 1.807) is 0 Å². The molecule has 2 aliphatic rings. The number of piperazine rings is 1. The standard InChI is InChI=1S/C16H32N2O/c1-14(2)16(19,15-6-4-5-7-15)8-9-18-12-10-17(3)11-13-18/h14-15,19H,4-13H2,1-3H3. The van der Waals surface area contributed by atoms with Crippen molar-refractivity contribution in [3.63, 3.8) is 0 Å². The molecule has 1 saturated heterocycles. The van der Waals surface area contributed by atoms with Gasteiger partial charge in [0.15, 0.2) is 0 Å². The SMILES string of the molecule is CC(C)C(O)(CCN1CCN(C)CC1)C1CCCC1. The van der Waals surface area contributed by atoms with Crippen LogP contribution >= 0.6 is 0 Å². The number of rotatable bonds is 5. The van der Waals surface area contributed by atoms with Crippen molar-refractivity contribution >= 4 is 0 Å². The van der Waals surface area contributed by atoms with E-state index in [4.69, 9.17) is 0 Å². The number of hydrogen-bond donors (Lipinski definition) is 1. The second kappa shape index (κ2) is 6.55. The Morgan fingerprint density at radius 2 is 1.68 bits per heavy atom. The van der Waals surface area contributed by atoms with E-state index in [0.717, 1.165) is 26.1 Å². The number of likely N-dealkylation sites (N-methyl/N-ethyl adjacent to an activating group) is 1. The van der Waals surface area contributed by atoms with Crippen molar-refractivity contribution in [3.8, 4) is 0 Å². The van der Waals surface area contributed by atoms with Crippen LogP contribution in [0.15, 0.2) is 0 Å². The van der Waals surface area contributed by atoms with Gasteiger partial charge in [-0.25, -0.2) is 0 Å². The maximum atomic E-state index is 11.1. The van der Waals surface area contributed by atoms with Crippen molar-refractivity contribution in [1.29, 1.82) is 0 Å². The van der Waals surface area contributed by atoms with Crippen LogP contribution in [0.4, 0.5) is 0 Å². The monoisotopic (exact) mass is 268 g/mol. The Morgan fingerprint density at radius 3 is 2.21 bits per heavy atom. The van der Waals surface area contributed by atoms with Gasteiger partial charge in [-0.1, -0.05) is 26.7 Å². The molecule has 0 radical (unpaired) electrons. The van der Waals surface area contributed by atoms with Crippen LogP contribution in [0.2, 0.25) is 0 Å². The lowest BCUT2D eigenvalue weighted by molar-refractivity contribution is -0.0702. The van der Waals surface area contributed by atoms with Gasteiger partial charge in [-0.3, -0.25) is 0 Å². The zero-order chi connectivity index (χ0) is 13.9. The third-order valence-electron chi connectivity index (χ3n) is 5.49. The van der Waals surface area contributed by atoms with Crippen molar-refractivity contribution < 1.29 is 5.11 Å². The number of hydrogen-bond acceptors (Lipinski definition) is 3. The van der Waals surface area contributed by atoms with Crippen LogP contribution in [0, 0.1) is 11.8 Å². The summed E-state index contributed by atoms with van der Waals surface area (Å²) >= 11 is 0. The predicted octanol–water partition coefficient (Wildman–Crippen LogP) is 2.20. The fraction of sp³-hybridized carbons (Fsp3) is 1.00. The summed E-state index contributed by atoms with van der Waals surface area (Å²) in [5, 5.41) is 11.1. The van der Waals surface area contributed by atoms with E-state index >= 15 is 0 Å². The third kappa shape index (κ3) is 3.71. The van der Waals surface area contributed by atoms with Gasteiger partial charge >= 0.3 is 0 Å². The molecule has 1 aliphatic carbocycles. The third-order valence-corrected chi connectivity index (χ3v) is 5.49. The van der Waals surface area contributed by atoms with E-state index < -0.39 is 5.60 Å². The summed E-state index contributed by atoms with van der Waals surface area (Å²) in [4.78, 5) is 4.92. The molecule has 0 bridgehead atoms. The molecule has 3 nitrogen and oxygen atoms in total. The Bertz CT molecular complexity index is 268. The summed E-state index contributed by atoms with van der Waals surface area (Å²) in [7, 11) is 2.19. The predicted molar refractivity (Wildman–Crippen MR) is 80.3 cm³/mol. The molecule has 1 aliphatic heterocycles. The van der Waals surface area contributed by atoms with Crippen molar-refractivity contribution in [1.82, 2.24) is 9.80 Å². The molecule has 3 heteroatoms. The van der Waals surface area contributed by atoms with Crippen LogP contribution in [-0.4, -0.2) is 60.3 Å². The Kier molecular flexibility index (Phi) is 5.27. The lowest BCUT2D eigenvalue weighted by atomic mass is 9.75. The van der Waals surface area contributed by atoms with Crippen molar-refractivity contribution in [3.05, 3.63) is 0 Å². The highest BCUT2D eigenvalue weighted by atomic mass is 16.3. The lowest BCUT2D eigenvalue weighted by Crippen LogP contribution is -2.49. The quantitative estimate of drug-likeness (QED) is 0.828. The van der Waals surface area contributed by atoms with Gasteiger partial charge in [0.2, 0.25) is 0 Å². The highest BCUT2D eigenvalue weighted by molar-refractivity contribution is 4.92. The molecule has 1 heterocycles. The van der Waals surface area contributed by atoms with Crippen LogP contribution in [-0.2, 0) is 0 Å². The van der Waals surface area contributed by atoms with Crippen LogP contribution in [0.25, 0.3) is 0 Å². The van der Waals surface area contributed by atoms with Gasteiger partial charge in [0.05, 0.1) is 5.60 Å². The molecule has 0 aromatic rings. The summed E-state index contributed by atoms with van der Waals surface area (Å²) < 4.78 is 0. The van der Waals surface area contributed by atoms with Gasteiger partial charge < -0.3 is 14.9 Å². The van der Waals surface area contributed by atoms with E-state index in [0.29, 0.717) is 11.8 Å². The highest BCUT2D eigenvalue weighted by Crippen LogP contribution is 2.40. The van der Waals surface area contributed by atoms with Crippen LogP contribution < -0.4 is 0 Å². The smallest absolute Gasteiger partial charge is 0.0710 e. The summed E-state index contributed by atoms with van der Waals surface area (Å²) in [5.74, 6) is 0.919. The topological polar surface area (TPSA) is 26.7 Å². The fourth-order valence-electron chi connectivity index (χ4n) is 3.80. The molecule has 0 amide bonds. The molecule has 1 saturated carbocycles. The minimum absolute atomic E-state index is 0.378. The first kappa shape index (κ1) is 15.3. The molecule has 112 valence electrons. The second-order valence-corrected chi connectivity index (χ2v) is 7.02. The Labute approximate surface area is 119 Å². The molecule has 0 aromatic heterocycles. The second-order valence-electron chi connectivity index (χ2n) is 7.02. The Hall–Kier alpha value is -0.120. The van der Waals surface area contributed by atoms with E-state index in [-0.39, 0.29) is 0 Å². The maximum absolute atomic E-state index is 11.1. The van der Waals surface area contributed by atoms with Gasteiger partial charge in [-0.15, -0.1) is 0 Å². The molecule has 2 fully saturated rings. The molecule has 2 rings (SSSR count). The first-order chi connectivity index (χ1) is 9.02. The molecular weight excluding hydrogens is 236 g/mol. The molecule has 19 heavy (non-hydrogen) atoms. The van der Waals surface area contributed by atoms with Crippen LogP contribution in [0.1, 0.15) is 46.0 Å². The minimum Gasteiger partial charge on any atom is -0.389 e. The molecule has 0 spiro atoms. The highest BCUT2D eigenvalue weighted by Gasteiger charge is 2.40. The summed E-state index contributed by atoms with van der Waals surface area (Å²) in [6.07, 6.45) is 6.05. The van der Waals surface area contributed by atoms with Gasteiger partial charge in [0.1, 0.15) is 0 Å². The Balaban J connectivity index is 1.86. The van der Waals surface area contributed by atoms with Crippen molar-refractivity contribution in [2.24, 2.45) is 11.8 Å². The van der Waals surface area contributed by atoms with Crippen LogP contribution in [0.5, 0.6) is 0 Å². The summed E-state index contributed by atoms with van der Waals surface area (Å²) in [5.41, 5.74) is -0.431. The normalized spacial score (nSPS) is 27.0. The largest absolute Gasteiger partial charge is 0.389 e. The number of aliphatic hydroxyl groups is 1. The molecule has 1 atom stereocenters. The average molecular weight is 268 g/mol. The molecule has 0 aromatic carbocycles. The van der Waals surface area contributed by atoms with E-state index in [1.807, 2.05) is 0 Å². The fourth-order valence-corrected chi connectivity index (χ4v) is 3.80. The molecular formula is C16H32N2O. The first-order valence-corrected chi connectivity index (χ1v) is 8.15. The first-order valence-electron chi connectivity index (χ1n) is 8.15. The van der Waals surface area contributed by atoms with Crippen molar-refractivity contribution in [2.75, 3.05) is 39.8 Å². The van der Waals surface area contributed by atoms with Gasteiger partial charge in [-0.05, 0) is 38.1 Å². The van der Waals surface area contributed by atoms with Crippen molar-refractivity contribution in [2.45, 2.75) is 51.6 Å². The van der Waals surface area contributed by atoms with Gasteiger partial charge in [0.25, 0.3) is 0 Å². The van der Waals surface area contributed by atoms with E-state index in [2.05, 4.69) is 30.7 Å². The number of nitrogens with zero attached hydrogens (tertiary/aromatic N) is 2. The minimum atomic E-state index is -0.431. The maximum Gasteiger partial charge on any atom is 0.0710 e. The summed E-state index contributed by atoms with van der Waals surface area (Å²) in [6.45, 7) is 10.1. The zero-order valence-electron chi connectivity index (χ0n) is 13.1. The van der Waals surface area contributed by atoms with Crippen LogP contribution in [0.3, 0.4) is 0 Å². The lowest BCUT2D eigenvalue weighted by Gasteiger charge is -2.41. The van der Waals surface area contributed by atoms with E-state index in [1.165, 1.54) is 38.8 Å². The molecule has 1 unspecified atom stereocenters.